The van der Waals surface area contributed by atoms with Gasteiger partial charge in [-0.15, -0.1) is 0 Å². The number of methoxy groups -OCH3 is 1. The van der Waals surface area contributed by atoms with Crippen LogP contribution in [0.3, 0.4) is 0 Å². The van der Waals surface area contributed by atoms with Gasteiger partial charge in [-0.3, -0.25) is 8.98 Å². The van der Waals surface area contributed by atoms with Crippen molar-refractivity contribution in [3.8, 4) is 0 Å². The van der Waals surface area contributed by atoms with E-state index in [9.17, 15) is 22.8 Å². The molecule has 1 rings (SSSR count). The number of amides is 2. The van der Waals surface area contributed by atoms with Gasteiger partial charge in [-0.25, -0.2) is 9.59 Å². The maximum absolute atomic E-state index is 12.5. The number of hydrogen-bond acceptors (Lipinski definition) is 8. The lowest BCUT2D eigenvalue weighted by molar-refractivity contribution is -0.151. The minimum Gasteiger partial charge on any atom is -0.467 e. The summed E-state index contributed by atoms with van der Waals surface area (Å²) in [6.45, 7) is 4.64. The van der Waals surface area contributed by atoms with Crippen molar-refractivity contribution in [2.45, 2.75) is 44.9 Å². The molecule has 0 spiro atoms. The van der Waals surface area contributed by atoms with Gasteiger partial charge in [0, 0.05) is 20.0 Å². The molecule has 0 saturated carbocycles. The van der Waals surface area contributed by atoms with Crippen LogP contribution >= 0.6 is 0 Å². The molecule has 0 N–H and O–H groups in total. The van der Waals surface area contributed by atoms with Crippen LogP contribution in [0.5, 0.6) is 0 Å². The third-order valence-corrected chi connectivity index (χ3v) is 4.07. The summed E-state index contributed by atoms with van der Waals surface area (Å²) in [5.74, 6) is -1.23. The minimum atomic E-state index is -3.74. The fourth-order valence-electron chi connectivity index (χ4n) is 2.45. The van der Waals surface area contributed by atoms with Crippen LogP contribution in [0.15, 0.2) is 0 Å². The molecule has 1 aliphatic heterocycles. The summed E-state index contributed by atoms with van der Waals surface area (Å²) in [4.78, 5) is 38.7. The molecule has 0 aromatic heterocycles. The SMILES string of the molecule is COC(=O)[C@@H]1C[C@H](OS(C)(=O)=O)CN1C(=O)CN(C)C(=O)OC(C)(C)C. The molecule has 1 fully saturated rings. The third kappa shape index (κ3) is 6.79. The maximum Gasteiger partial charge on any atom is 0.410 e. The number of carbonyl (C=O) groups is 3. The summed E-state index contributed by atoms with van der Waals surface area (Å²) in [6, 6.07) is -0.980. The second-order valence-corrected chi connectivity index (χ2v) is 8.68. The first-order valence-electron chi connectivity index (χ1n) is 7.93. The Hall–Kier alpha value is -1.88. The molecule has 11 heteroatoms. The van der Waals surface area contributed by atoms with E-state index in [2.05, 4.69) is 4.74 Å². The van der Waals surface area contributed by atoms with Crippen LogP contribution < -0.4 is 0 Å². The van der Waals surface area contributed by atoms with Crippen LogP contribution in [0.2, 0.25) is 0 Å². The van der Waals surface area contributed by atoms with Gasteiger partial charge in [0.25, 0.3) is 10.1 Å². The normalized spacial score (nSPS) is 20.6. The number of esters is 1. The number of likely N-dealkylation sites (N-methyl/N-ethyl adjacent to an activating group) is 1. The van der Waals surface area contributed by atoms with Gasteiger partial charge < -0.3 is 19.3 Å². The second-order valence-electron chi connectivity index (χ2n) is 7.08. The Balaban J connectivity index is 2.83. The lowest BCUT2D eigenvalue weighted by atomic mass is 10.2. The standard InChI is InChI=1S/C15H26N2O8S/c1-15(2,3)24-14(20)16(4)9-12(18)17-8-10(25-26(6,21)22)7-11(17)13(19)23-5/h10-11H,7-9H2,1-6H3/t10-,11-/m0/s1. The minimum absolute atomic E-state index is 0.0123. The predicted molar refractivity (Wildman–Crippen MR) is 90.7 cm³/mol. The van der Waals surface area contributed by atoms with Gasteiger partial charge in [0.2, 0.25) is 5.91 Å². The van der Waals surface area contributed by atoms with Crippen molar-refractivity contribution in [1.29, 1.82) is 0 Å². The highest BCUT2D eigenvalue weighted by atomic mass is 32.2. The number of hydrogen-bond donors (Lipinski definition) is 0. The fourth-order valence-corrected chi connectivity index (χ4v) is 3.08. The average molecular weight is 394 g/mol. The van der Waals surface area contributed by atoms with Crippen molar-refractivity contribution in [1.82, 2.24) is 9.80 Å². The molecule has 2 amide bonds. The molecule has 1 heterocycles. The summed E-state index contributed by atoms with van der Waals surface area (Å²) < 4.78 is 37.3. The van der Waals surface area contributed by atoms with Crippen molar-refractivity contribution < 1.29 is 36.5 Å². The first kappa shape index (κ1) is 22.2. The summed E-state index contributed by atoms with van der Waals surface area (Å²) >= 11 is 0. The van der Waals surface area contributed by atoms with E-state index in [0.717, 1.165) is 16.1 Å². The topological polar surface area (TPSA) is 120 Å². The van der Waals surface area contributed by atoms with Crippen LogP contribution in [-0.4, -0.2) is 87.4 Å². The second kappa shape index (κ2) is 8.21. The summed E-state index contributed by atoms with van der Waals surface area (Å²) in [7, 11) is -1.19. The molecule has 10 nitrogen and oxygen atoms in total. The highest BCUT2D eigenvalue weighted by Crippen LogP contribution is 2.23. The first-order chi connectivity index (χ1) is 11.7. The average Bonchev–Trinajstić information content (AvgIpc) is 2.86. The van der Waals surface area contributed by atoms with E-state index in [-0.39, 0.29) is 19.5 Å². The monoisotopic (exact) mass is 394 g/mol. The van der Waals surface area contributed by atoms with Crippen molar-refractivity contribution >= 4 is 28.1 Å². The predicted octanol–water partition coefficient (Wildman–Crippen LogP) is -0.0280. The molecule has 150 valence electrons. The fraction of sp³-hybridized carbons (Fsp3) is 0.800. The zero-order chi connectivity index (χ0) is 20.3. The van der Waals surface area contributed by atoms with E-state index in [0.29, 0.717) is 0 Å². The number of ether oxygens (including phenoxy) is 2. The quantitative estimate of drug-likeness (QED) is 0.471. The third-order valence-electron chi connectivity index (χ3n) is 3.44. The molecule has 1 saturated heterocycles. The van der Waals surface area contributed by atoms with Gasteiger partial charge in [-0.05, 0) is 20.8 Å². The zero-order valence-corrected chi connectivity index (χ0v) is 16.7. The van der Waals surface area contributed by atoms with Gasteiger partial charge in [0.15, 0.2) is 0 Å². The molecule has 2 atom stereocenters. The van der Waals surface area contributed by atoms with Crippen LogP contribution in [0.25, 0.3) is 0 Å². The number of rotatable bonds is 5. The van der Waals surface area contributed by atoms with Crippen LogP contribution in [-0.2, 0) is 33.4 Å². The van der Waals surface area contributed by atoms with Crippen molar-refractivity contribution in [2.24, 2.45) is 0 Å². The van der Waals surface area contributed by atoms with Gasteiger partial charge in [-0.1, -0.05) is 0 Å². The Kier molecular flexibility index (Phi) is 7.00. The van der Waals surface area contributed by atoms with Crippen molar-refractivity contribution in [3.05, 3.63) is 0 Å². The Morgan fingerprint density at radius 2 is 1.81 bits per heavy atom. The van der Waals surface area contributed by atoms with Gasteiger partial charge >= 0.3 is 12.1 Å². The Morgan fingerprint density at radius 3 is 2.27 bits per heavy atom. The molecular weight excluding hydrogens is 368 g/mol. The largest absolute Gasteiger partial charge is 0.467 e. The van der Waals surface area contributed by atoms with Crippen molar-refractivity contribution in [2.75, 3.05) is 33.5 Å². The Morgan fingerprint density at radius 1 is 1.23 bits per heavy atom. The van der Waals surface area contributed by atoms with E-state index < -0.39 is 45.8 Å². The lowest BCUT2D eigenvalue weighted by Gasteiger charge is -2.27. The molecule has 0 radical (unpaired) electrons. The zero-order valence-electron chi connectivity index (χ0n) is 15.8. The van der Waals surface area contributed by atoms with Crippen LogP contribution in [0.4, 0.5) is 4.79 Å². The number of likely N-dealkylation sites (tertiary alicyclic amines) is 1. The van der Waals surface area contributed by atoms with E-state index in [4.69, 9.17) is 8.92 Å². The van der Waals surface area contributed by atoms with Crippen LogP contribution in [0.1, 0.15) is 27.2 Å². The lowest BCUT2D eigenvalue weighted by Crippen LogP contribution is -2.47. The van der Waals surface area contributed by atoms with Crippen molar-refractivity contribution in [3.63, 3.8) is 0 Å². The molecule has 0 aromatic rings. The Bertz CT molecular complexity index is 655. The van der Waals surface area contributed by atoms with E-state index in [1.165, 1.54) is 14.2 Å². The first-order valence-corrected chi connectivity index (χ1v) is 9.75. The smallest absolute Gasteiger partial charge is 0.410 e. The number of carbonyl (C=O) groups excluding carboxylic acids is 3. The maximum atomic E-state index is 12.5. The molecule has 1 aliphatic rings. The molecule has 0 bridgehead atoms. The van der Waals surface area contributed by atoms with Gasteiger partial charge in [0.05, 0.1) is 19.5 Å². The molecular formula is C15H26N2O8S. The highest BCUT2D eigenvalue weighted by Gasteiger charge is 2.42. The summed E-state index contributed by atoms with van der Waals surface area (Å²) in [5, 5.41) is 0. The highest BCUT2D eigenvalue weighted by molar-refractivity contribution is 7.86. The summed E-state index contributed by atoms with van der Waals surface area (Å²) in [5.41, 5.74) is -0.717. The molecule has 0 aliphatic carbocycles. The molecule has 0 unspecified atom stereocenters. The van der Waals surface area contributed by atoms with E-state index in [1.807, 2.05) is 0 Å². The van der Waals surface area contributed by atoms with E-state index >= 15 is 0 Å². The number of nitrogens with zero attached hydrogens (tertiary/aromatic N) is 2. The molecule has 0 aromatic carbocycles. The van der Waals surface area contributed by atoms with Crippen LogP contribution in [0, 0.1) is 0 Å². The van der Waals surface area contributed by atoms with Gasteiger partial charge in [0.1, 0.15) is 18.2 Å². The van der Waals surface area contributed by atoms with E-state index in [1.54, 1.807) is 20.8 Å². The van der Waals surface area contributed by atoms with Gasteiger partial charge in [-0.2, -0.15) is 8.42 Å². The summed E-state index contributed by atoms with van der Waals surface area (Å²) in [6.07, 6.45) is -0.670. The Labute approximate surface area is 153 Å². The molecule has 26 heavy (non-hydrogen) atoms.